The number of rotatable bonds is 8. The largest absolute Gasteiger partial charge is 0.452 e. The zero-order valence-corrected chi connectivity index (χ0v) is 15.8. The summed E-state index contributed by atoms with van der Waals surface area (Å²) in [7, 11) is 0. The number of nitrogens with one attached hydrogen (secondary N) is 2. The number of ether oxygens (including phenoxy) is 1. The molecule has 1 saturated carbocycles. The van der Waals surface area contributed by atoms with Gasteiger partial charge in [0.25, 0.3) is 11.8 Å². The lowest BCUT2D eigenvalue weighted by atomic mass is 10.0. The molecular formula is C22H24N2O4. The molecule has 1 aliphatic carbocycles. The Kier molecular flexibility index (Phi) is 6.42. The summed E-state index contributed by atoms with van der Waals surface area (Å²) >= 11 is 0. The molecule has 2 N–H and O–H groups in total. The van der Waals surface area contributed by atoms with Crippen LogP contribution in [0.3, 0.4) is 0 Å². The highest BCUT2D eigenvalue weighted by atomic mass is 16.5. The number of esters is 1. The molecule has 0 aliphatic heterocycles. The van der Waals surface area contributed by atoms with Crippen LogP contribution in [0.25, 0.3) is 0 Å². The first-order valence-corrected chi connectivity index (χ1v) is 9.43. The average molecular weight is 380 g/mol. The van der Waals surface area contributed by atoms with Crippen LogP contribution in [0.2, 0.25) is 0 Å². The fraction of sp³-hybridized carbons (Fsp3) is 0.318. The highest BCUT2D eigenvalue weighted by molar-refractivity contribution is 5.94. The van der Waals surface area contributed by atoms with Gasteiger partial charge in [-0.25, -0.2) is 0 Å². The lowest BCUT2D eigenvalue weighted by Crippen LogP contribution is -2.38. The first-order valence-electron chi connectivity index (χ1n) is 9.43. The molecule has 1 fully saturated rings. The predicted molar refractivity (Wildman–Crippen MR) is 104 cm³/mol. The molecule has 6 nitrogen and oxygen atoms in total. The van der Waals surface area contributed by atoms with Gasteiger partial charge in [0.05, 0.1) is 12.5 Å². The molecule has 2 aromatic rings. The van der Waals surface area contributed by atoms with Crippen molar-refractivity contribution >= 4 is 17.8 Å². The van der Waals surface area contributed by atoms with E-state index < -0.39 is 18.1 Å². The van der Waals surface area contributed by atoms with E-state index in [1.165, 1.54) is 0 Å². The summed E-state index contributed by atoms with van der Waals surface area (Å²) in [4.78, 5) is 36.9. The minimum absolute atomic E-state index is 0.0658. The van der Waals surface area contributed by atoms with Gasteiger partial charge in [-0.3, -0.25) is 14.4 Å². The number of hydrogen-bond acceptors (Lipinski definition) is 4. The zero-order valence-electron chi connectivity index (χ0n) is 15.8. The maximum atomic E-state index is 12.5. The van der Waals surface area contributed by atoms with Crippen molar-refractivity contribution in [1.82, 2.24) is 10.6 Å². The minimum atomic E-state index is -0.866. The van der Waals surface area contributed by atoms with Crippen molar-refractivity contribution in [3.63, 3.8) is 0 Å². The Labute approximate surface area is 164 Å². The molecule has 0 bridgehead atoms. The fourth-order valence-corrected chi connectivity index (χ4v) is 2.78. The van der Waals surface area contributed by atoms with E-state index in [0.29, 0.717) is 5.56 Å². The Balaban J connectivity index is 1.64. The van der Waals surface area contributed by atoms with Gasteiger partial charge >= 0.3 is 5.97 Å². The van der Waals surface area contributed by atoms with E-state index in [-0.39, 0.29) is 24.3 Å². The van der Waals surface area contributed by atoms with Crippen LogP contribution in [0.1, 0.15) is 48.1 Å². The molecule has 0 unspecified atom stereocenters. The third-order valence-electron chi connectivity index (χ3n) is 4.52. The molecule has 0 radical (unpaired) electrons. The molecule has 2 amide bonds. The zero-order chi connectivity index (χ0) is 19.9. The van der Waals surface area contributed by atoms with E-state index in [1.807, 2.05) is 36.4 Å². The lowest BCUT2D eigenvalue weighted by Gasteiger charge is -2.20. The van der Waals surface area contributed by atoms with Gasteiger partial charge < -0.3 is 15.4 Å². The first-order chi connectivity index (χ1) is 13.5. The van der Waals surface area contributed by atoms with Crippen LogP contribution in [-0.2, 0) is 14.3 Å². The van der Waals surface area contributed by atoms with Gasteiger partial charge in [0, 0.05) is 11.6 Å². The van der Waals surface area contributed by atoms with Crippen LogP contribution < -0.4 is 10.6 Å². The highest BCUT2D eigenvalue weighted by Gasteiger charge is 2.28. The molecular weight excluding hydrogens is 356 g/mol. The van der Waals surface area contributed by atoms with Gasteiger partial charge in [-0.05, 0) is 37.5 Å². The third kappa shape index (κ3) is 5.67. The molecule has 28 heavy (non-hydrogen) atoms. The lowest BCUT2D eigenvalue weighted by molar-refractivity contribution is -0.155. The van der Waals surface area contributed by atoms with Gasteiger partial charge in [-0.1, -0.05) is 48.5 Å². The summed E-state index contributed by atoms with van der Waals surface area (Å²) < 4.78 is 5.28. The second-order valence-corrected chi connectivity index (χ2v) is 6.92. The van der Waals surface area contributed by atoms with E-state index in [1.54, 1.807) is 31.2 Å². The van der Waals surface area contributed by atoms with Gasteiger partial charge in [-0.2, -0.15) is 0 Å². The van der Waals surface area contributed by atoms with Gasteiger partial charge in [0.15, 0.2) is 6.10 Å². The van der Waals surface area contributed by atoms with Crippen LogP contribution in [0.4, 0.5) is 0 Å². The van der Waals surface area contributed by atoms with Gasteiger partial charge in [0.1, 0.15) is 0 Å². The summed E-state index contributed by atoms with van der Waals surface area (Å²) in [6, 6.07) is 17.7. The Bertz CT molecular complexity index is 819. The van der Waals surface area contributed by atoms with Crippen LogP contribution in [-0.4, -0.2) is 29.9 Å². The van der Waals surface area contributed by atoms with Crippen molar-refractivity contribution in [2.45, 2.75) is 44.4 Å². The van der Waals surface area contributed by atoms with Crippen molar-refractivity contribution < 1.29 is 19.1 Å². The van der Waals surface area contributed by atoms with Crippen molar-refractivity contribution in [1.29, 1.82) is 0 Å². The van der Waals surface area contributed by atoms with Crippen LogP contribution in [0.15, 0.2) is 60.7 Å². The van der Waals surface area contributed by atoms with Gasteiger partial charge in [0.2, 0.25) is 0 Å². The normalized spacial score (nSPS) is 15.2. The number of carbonyl (C=O) groups excluding carboxylic acids is 3. The van der Waals surface area contributed by atoms with Crippen molar-refractivity contribution in [3.8, 4) is 0 Å². The second-order valence-electron chi connectivity index (χ2n) is 6.92. The third-order valence-corrected chi connectivity index (χ3v) is 4.52. The molecule has 2 atom stereocenters. The number of benzene rings is 2. The monoisotopic (exact) mass is 380 g/mol. The van der Waals surface area contributed by atoms with Crippen LogP contribution in [0, 0.1) is 0 Å². The minimum Gasteiger partial charge on any atom is -0.452 e. The number of carbonyl (C=O) groups is 3. The van der Waals surface area contributed by atoms with Crippen LogP contribution in [0.5, 0.6) is 0 Å². The molecule has 3 rings (SSSR count). The molecule has 1 aliphatic rings. The standard InChI is InChI=1S/C22H24N2O4/c1-15(21(26)23-18-12-13-18)28-20(25)14-19(16-8-4-2-5-9-16)24-22(27)17-10-6-3-7-11-17/h2-11,15,18-19H,12-14H2,1H3,(H,23,26)(H,24,27)/t15-,19+/m0/s1. The topological polar surface area (TPSA) is 84.5 Å². The van der Waals surface area contributed by atoms with E-state index in [2.05, 4.69) is 10.6 Å². The SMILES string of the molecule is C[C@H](OC(=O)C[C@@H](NC(=O)c1ccccc1)c1ccccc1)C(=O)NC1CC1. The maximum Gasteiger partial charge on any atom is 0.309 e. The predicted octanol–water partition coefficient (Wildman–Crippen LogP) is 2.76. The highest BCUT2D eigenvalue weighted by Crippen LogP contribution is 2.20. The van der Waals surface area contributed by atoms with E-state index in [4.69, 9.17) is 4.74 Å². The smallest absolute Gasteiger partial charge is 0.309 e. The Hall–Kier alpha value is -3.15. The maximum absolute atomic E-state index is 12.5. The Morgan fingerprint density at radius 1 is 1.00 bits per heavy atom. The second kappa shape index (κ2) is 9.17. The Morgan fingerprint density at radius 2 is 1.61 bits per heavy atom. The number of hydrogen-bond donors (Lipinski definition) is 2. The molecule has 146 valence electrons. The van der Waals surface area contributed by atoms with Crippen molar-refractivity contribution in [3.05, 3.63) is 71.8 Å². The molecule has 0 spiro atoms. The summed E-state index contributed by atoms with van der Waals surface area (Å²) in [5.74, 6) is -1.11. The summed E-state index contributed by atoms with van der Waals surface area (Å²) in [5, 5.41) is 5.70. The Morgan fingerprint density at radius 3 is 2.21 bits per heavy atom. The van der Waals surface area contributed by atoms with Crippen molar-refractivity contribution in [2.75, 3.05) is 0 Å². The molecule has 0 saturated heterocycles. The summed E-state index contributed by atoms with van der Waals surface area (Å²) in [6.45, 7) is 1.55. The van der Waals surface area contributed by atoms with Crippen LogP contribution >= 0.6 is 0 Å². The molecule has 2 aromatic carbocycles. The summed E-state index contributed by atoms with van der Waals surface area (Å²) in [6.07, 6.45) is 1.00. The molecule has 0 heterocycles. The number of amides is 2. The van der Waals surface area contributed by atoms with Gasteiger partial charge in [-0.15, -0.1) is 0 Å². The quantitative estimate of drug-likeness (QED) is 0.690. The molecule has 6 heteroatoms. The van der Waals surface area contributed by atoms with Crippen molar-refractivity contribution in [2.24, 2.45) is 0 Å². The molecule has 0 aromatic heterocycles. The summed E-state index contributed by atoms with van der Waals surface area (Å²) in [5.41, 5.74) is 1.30. The first kappa shape index (κ1) is 19.6. The van der Waals surface area contributed by atoms with E-state index >= 15 is 0 Å². The average Bonchev–Trinajstić information content (AvgIpc) is 3.52. The van der Waals surface area contributed by atoms with E-state index in [0.717, 1.165) is 18.4 Å². The van der Waals surface area contributed by atoms with E-state index in [9.17, 15) is 14.4 Å². The fourth-order valence-electron chi connectivity index (χ4n) is 2.78.